The van der Waals surface area contributed by atoms with Crippen molar-refractivity contribution in [1.82, 2.24) is 4.90 Å². The van der Waals surface area contributed by atoms with E-state index in [1.807, 2.05) is 11.8 Å². The molecule has 0 radical (unpaired) electrons. The summed E-state index contributed by atoms with van der Waals surface area (Å²) in [5.74, 6) is 1.94. The van der Waals surface area contributed by atoms with E-state index in [4.69, 9.17) is 5.73 Å². The SMILES string of the molecule is CC1CSCCN1Cc1ccc(N)cc1C(F)(F)F. The molecular formula is C13H17F3N2S. The third-order valence-corrected chi connectivity index (χ3v) is 4.51. The standard InChI is InChI=1S/C13H17F3N2S/c1-9-8-19-5-4-18(9)7-10-2-3-11(17)6-12(10)13(14,15)16/h2-3,6,9H,4-5,7-8,17H2,1H3. The Morgan fingerprint density at radius 2 is 2.16 bits per heavy atom. The molecule has 1 heterocycles. The molecule has 1 aromatic rings. The molecule has 1 saturated heterocycles. The molecule has 1 aliphatic heterocycles. The fourth-order valence-electron chi connectivity index (χ4n) is 2.21. The number of hydrogen-bond acceptors (Lipinski definition) is 3. The van der Waals surface area contributed by atoms with Crippen molar-refractivity contribution in [2.45, 2.75) is 25.7 Å². The van der Waals surface area contributed by atoms with E-state index < -0.39 is 11.7 Å². The van der Waals surface area contributed by atoms with E-state index in [2.05, 4.69) is 11.8 Å². The van der Waals surface area contributed by atoms with E-state index in [1.165, 1.54) is 12.1 Å². The van der Waals surface area contributed by atoms with Crippen LogP contribution < -0.4 is 5.73 Å². The van der Waals surface area contributed by atoms with E-state index in [1.54, 1.807) is 0 Å². The second-order valence-corrected chi connectivity index (χ2v) is 5.96. The van der Waals surface area contributed by atoms with Gasteiger partial charge in [-0.05, 0) is 24.6 Å². The lowest BCUT2D eigenvalue weighted by atomic mass is 10.0. The largest absolute Gasteiger partial charge is 0.416 e. The lowest BCUT2D eigenvalue weighted by Gasteiger charge is -2.33. The molecule has 1 aromatic carbocycles. The van der Waals surface area contributed by atoms with Gasteiger partial charge in [-0.2, -0.15) is 24.9 Å². The fourth-order valence-corrected chi connectivity index (χ4v) is 3.29. The Morgan fingerprint density at radius 1 is 1.42 bits per heavy atom. The predicted molar refractivity (Wildman–Crippen MR) is 73.1 cm³/mol. The number of alkyl halides is 3. The third kappa shape index (κ3) is 3.57. The molecule has 2 N–H and O–H groups in total. The molecule has 106 valence electrons. The quantitative estimate of drug-likeness (QED) is 0.848. The summed E-state index contributed by atoms with van der Waals surface area (Å²) in [6, 6.07) is 4.36. The Morgan fingerprint density at radius 3 is 2.79 bits per heavy atom. The Balaban J connectivity index is 2.24. The van der Waals surface area contributed by atoms with E-state index in [9.17, 15) is 13.2 Å². The first-order chi connectivity index (χ1) is 8.88. The van der Waals surface area contributed by atoms with Crippen molar-refractivity contribution in [2.75, 3.05) is 23.8 Å². The lowest BCUT2D eigenvalue weighted by Crippen LogP contribution is -2.40. The molecule has 0 saturated carbocycles. The number of halogens is 3. The zero-order chi connectivity index (χ0) is 14.0. The highest BCUT2D eigenvalue weighted by molar-refractivity contribution is 7.99. The summed E-state index contributed by atoms with van der Waals surface area (Å²) in [5.41, 5.74) is 5.31. The Hall–Kier alpha value is -0.880. The van der Waals surface area contributed by atoms with Crippen LogP contribution in [0.15, 0.2) is 18.2 Å². The van der Waals surface area contributed by atoms with E-state index in [0.29, 0.717) is 18.2 Å². The molecule has 0 aliphatic carbocycles. The van der Waals surface area contributed by atoms with Crippen LogP contribution in [0.4, 0.5) is 18.9 Å². The van der Waals surface area contributed by atoms with Crippen LogP contribution in [0.25, 0.3) is 0 Å². The van der Waals surface area contributed by atoms with Gasteiger partial charge >= 0.3 is 6.18 Å². The number of thioether (sulfide) groups is 1. The molecule has 0 amide bonds. The minimum absolute atomic E-state index is 0.151. The molecule has 0 aromatic heterocycles. The van der Waals surface area contributed by atoms with Crippen LogP contribution >= 0.6 is 11.8 Å². The predicted octanol–water partition coefficient (Wildman–Crippen LogP) is 3.22. The van der Waals surface area contributed by atoms with Crippen molar-refractivity contribution in [2.24, 2.45) is 0 Å². The molecule has 2 nitrogen and oxygen atoms in total. The molecule has 1 aliphatic rings. The van der Waals surface area contributed by atoms with Gasteiger partial charge in [-0.1, -0.05) is 6.07 Å². The summed E-state index contributed by atoms with van der Waals surface area (Å²) < 4.78 is 39.0. The highest BCUT2D eigenvalue weighted by Crippen LogP contribution is 2.34. The number of hydrogen-bond donors (Lipinski definition) is 1. The van der Waals surface area contributed by atoms with Crippen molar-refractivity contribution in [3.63, 3.8) is 0 Å². The summed E-state index contributed by atoms with van der Waals surface area (Å²) in [6.45, 7) is 3.21. The van der Waals surface area contributed by atoms with Gasteiger partial charge in [0.25, 0.3) is 0 Å². The number of nitrogen functional groups attached to an aromatic ring is 1. The second kappa shape index (κ2) is 5.63. The summed E-state index contributed by atoms with van der Waals surface area (Å²) in [7, 11) is 0. The molecule has 2 rings (SSSR count). The van der Waals surface area contributed by atoms with Crippen molar-refractivity contribution >= 4 is 17.4 Å². The summed E-state index contributed by atoms with van der Waals surface area (Å²) in [6.07, 6.45) is -4.35. The molecule has 1 fully saturated rings. The average Bonchev–Trinajstić information content (AvgIpc) is 2.33. The fraction of sp³-hybridized carbons (Fsp3) is 0.538. The van der Waals surface area contributed by atoms with Gasteiger partial charge in [-0.15, -0.1) is 0 Å². The van der Waals surface area contributed by atoms with Gasteiger partial charge in [0.1, 0.15) is 0 Å². The van der Waals surface area contributed by atoms with Crippen molar-refractivity contribution < 1.29 is 13.2 Å². The van der Waals surface area contributed by atoms with E-state index in [-0.39, 0.29) is 5.69 Å². The third-order valence-electron chi connectivity index (χ3n) is 3.32. The Kier molecular flexibility index (Phi) is 4.30. The maximum absolute atomic E-state index is 13.0. The van der Waals surface area contributed by atoms with Gasteiger partial charge < -0.3 is 5.73 Å². The smallest absolute Gasteiger partial charge is 0.399 e. The first kappa shape index (κ1) is 14.5. The molecule has 1 unspecified atom stereocenters. The molecular weight excluding hydrogens is 273 g/mol. The van der Waals surface area contributed by atoms with Crippen LogP contribution in [0.3, 0.4) is 0 Å². The Labute approximate surface area is 115 Å². The summed E-state index contributed by atoms with van der Waals surface area (Å²) in [5, 5.41) is 0. The highest BCUT2D eigenvalue weighted by atomic mass is 32.2. The maximum atomic E-state index is 13.0. The molecule has 0 spiro atoms. The number of benzene rings is 1. The van der Waals surface area contributed by atoms with Crippen molar-refractivity contribution in [3.8, 4) is 0 Å². The van der Waals surface area contributed by atoms with Crippen LogP contribution in [0.2, 0.25) is 0 Å². The number of nitrogens with two attached hydrogens (primary N) is 1. The summed E-state index contributed by atoms with van der Waals surface area (Å²) >= 11 is 1.85. The van der Waals surface area contributed by atoms with Crippen LogP contribution in [0, 0.1) is 0 Å². The minimum Gasteiger partial charge on any atom is -0.399 e. The van der Waals surface area contributed by atoms with E-state index in [0.717, 1.165) is 24.1 Å². The number of anilines is 1. The van der Waals surface area contributed by atoms with Crippen LogP contribution in [-0.4, -0.2) is 29.0 Å². The van der Waals surface area contributed by atoms with Gasteiger partial charge in [0, 0.05) is 36.3 Å². The highest BCUT2D eigenvalue weighted by Gasteiger charge is 2.34. The van der Waals surface area contributed by atoms with Crippen LogP contribution in [0.1, 0.15) is 18.1 Å². The zero-order valence-corrected chi connectivity index (χ0v) is 11.5. The van der Waals surface area contributed by atoms with Gasteiger partial charge in [-0.3, -0.25) is 4.90 Å². The van der Waals surface area contributed by atoms with Crippen LogP contribution in [0.5, 0.6) is 0 Å². The average molecular weight is 290 g/mol. The van der Waals surface area contributed by atoms with Crippen molar-refractivity contribution in [1.29, 1.82) is 0 Å². The first-order valence-electron chi connectivity index (χ1n) is 6.15. The molecule has 1 atom stereocenters. The topological polar surface area (TPSA) is 29.3 Å². The maximum Gasteiger partial charge on any atom is 0.416 e. The molecule has 19 heavy (non-hydrogen) atoms. The van der Waals surface area contributed by atoms with Crippen molar-refractivity contribution in [3.05, 3.63) is 29.3 Å². The number of nitrogens with zero attached hydrogens (tertiary/aromatic N) is 1. The first-order valence-corrected chi connectivity index (χ1v) is 7.31. The van der Waals surface area contributed by atoms with Gasteiger partial charge in [0.05, 0.1) is 5.56 Å². The Bertz CT molecular complexity index is 448. The van der Waals surface area contributed by atoms with Crippen LogP contribution in [-0.2, 0) is 12.7 Å². The van der Waals surface area contributed by atoms with Gasteiger partial charge in [-0.25, -0.2) is 0 Å². The number of rotatable bonds is 2. The molecule has 6 heteroatoms. The second-order valence-electron chi connectivity index (χ2n) is 4.81. The monoisotopic (exact) mass is 290 g/mol. The minimum atomic E-state index is -4.35. The summed E-state index contributed by atoms with van der Waals surface area (Å²) in [4.78, 5) is 2.09. The lowest BCUT2D eigenvalue weighted by molar-refractivity contribution is -0.138. The zero-order valence-electron chi connectivity index (χ0n) is 10.7. The van der Waals surface area contributed by atoms with Gasteiger partial charge in [0.2, 0.25) is 0 Å². The molecule has 0 bridgehead atoms. The van der Waals surface area contributed by atoms with Gasteiger partial charge in [0.15, 0.2) is 0 Å². The normalized spacial score (nSPS) is 21.6. The van der Waals surface area contributed by atoms with E-state index >= 15 is 0 Å².